The van der Waals surface area contributed by atoms with Gasteiger partial charge in [-0.3, -0.25) is 4.79 Å². The molecule has 3 rings (SSSR count). The summed E-state index contributed by atoms with van der Waals surface area (Å²) in [5, 5.41) is 5.34. The van der Waals surface area contributed by atoms with Gasteiger partial charge in [0.15, 0.2) is 0 Å². The van der Waals surface area contributed by atoms with Crippen LogP contribution in [0.15, 0.2) is 40.6 Å². The molecule has 9 heteroatoms. The van der Waals surface area contributed by atoms with Gasteiger partial charge >= 0.3 is 0 Å². The minimum atomic E-state index is -3.73. The van der Waals surface area contributed by atoms with Crippen LogP contribution in [0.2, 0.25) is 10.0 Å². The van der Waals surface area contributed by atoms with Crippen molar-refractivity contribution in [3.8, 4) is 0 Å². The molecule has 1 N–H and O–H groups in total. The molecule has 1 aromatic carbocycles. The number of carbonyl (C=O) groups is 1. The van der Waals surface area contributed by atoms with Gasteiger partial charge in [0.2, 0.25) is 15.9 Å². The molecule has 1 aliphatic heterocycles. The summed E-state index contributed by atoms with van der Waals surface area (Å²) >= 11 is 13.5. The van der Waals surface area contributed by atoms with E-state index >= 15 is 0 Å². The number of piperidine rings is 1. The summed E-state index contributed by atoms with van der Waals surface area (Å²) in [6.45, 7) is 1.07. The second-order valence-electron chi connectivity index (χ2n) is 6.05. The lowest BCUT2D eigenvalue weighted by atomic mass is 9.97. The Labute approximate surface area is 167 Å². The lowest BCUT2D eigenvalue weighted by molar-refractivity contribution is -0.126. The van der Waals surface area contributed by atoms with Gasteiger partial charge < -0.3 is 5.32 Å². The number of sulfonamides is 1. The fourth-order valence-corrected chi connectivity index (χ4v) is 5.76. The maximum absolute atomic E-state index is 12.8. The Morgan fingerprint density at radius 1 is 1.23 bits per heavy atom. The van der Waals surface area contributed by atoms with Crippen LogP contribution in [0.3, 0.4) is 0 Å². The molecule has 0 radical (unpaired) electrons. The van der Waals surface area contributed by atoms with E-state index in [1.54, 1.807) is 17.4 Å². The topological polar surface area (TPSA) is 66.5 Å². The summed E-state index contributed by atoms with van der Waals surface area (Å²) in [6, 6.07) is 8.29. The summed E-state index contributed by atoms with van der Waals surface area (Å²) in [6.07, 6.45) is 0.960. The number of benzene rings is 1. The third-order valence-corrected chi connectivity index (χ3v) is 7.84. The molecule has 0 saturated carbocycles. The number of nitrogens with one attached hydrogen (secondary N) is 1. The first kappa shape index (κ1) is 19.6. The Morgan fingerprint density at radius 3 is 2.62 bits per heavy atom. The zero-order valence-electron chi connectivity index (χ0n) is 13.8. The van der Waals surface area contributed by atoms with E-state index in [9.17, 15) is 13.2 Å². The molecule has 2 aromatic rings. The lowest BCUT2D eigenvalue weighted by Gasteiger charge is -2.30. The summed E-state index contributed by atoms with van der Waals surface area (Å²) in [4.78, 5) is 13.4. The fraction of sp³-hybridized carbons (Fsp3) is 0.353. The molecule has 1 saturated heterocycles. The van der Waals surface area contributed by atoms with Gasteiger partial charge in [0.05, 0.1) is 11.6 Å². The van der Waals surface area contributed by atoms with E-state index in [0.717, 1.165) is 4.88 Å². The van der Waals surface area contributed by atoms with Crippen LogP contribution in [-0.4, -0.2) is 31.7 Å². The van der Waals surface area contributed by atoms with Gasteiger partial charge in [-0.05, 0) is 42.5 Å². The van der Waals surface area contributed by atoms with Crippen LogP contribution in [0.4, 0.5) is 0 Å². The zero-order chi connectivity index (χ0) is 18.7. The van der Waals surface area contributed by atoms with Crippen LogP contribution in [0, 0.1) is 5.92 Å². The summed E-state index contributed by atoms with van der Waals surface area (Å²) in [5.41, 5.74) is 0. The number of halogens is 2. The van der Waals surface area contributed by atoms with Crippen molar-refractivity contribution in [3.05, 3.63) is 50.6 Å². The van der Waals surface area contributed by atoms with Gasteiger partial charge in [0, 0.05) is 28.9 Å². The second-order valence-corrected chi connectivity index (χ2v) is 9.83. The molecular weight excluding hydrogens is 415 g/mol. The van der Waals surface area contributed by atoms with Crippen molar-refractivity contribution in [3.63, 3.8) is 0 Å². The number of thiophene rings is 1. The number of hydrogen-bond acceptors (Lipinski definition) is 4. The molecular formula is C17H18Cl2N2O3S2. The van der Waals surface area contributed by atoms with E-state index in [4.69, 9.17) is 23.2 Å². The van der Waals surface area contributed by atoms with Crippen molar-refractivity contribution >= 4 is 50.5 Å². The van der Waals surface area contributed by atoms with Crippen LogP contribution in [-0.2, 0) is 21.4 Å². The largest absolute Gasteiger partial charge is 0.351 e. The number of hydrogen-bond donors (Lipinski definition) is 1. The first-order valence-corrected chi connectivity index (χ1v) is 11.2. The Morgan fingerprint density at radius 2 is 1.96 bits per heavy atom. The SMILES string of the molecule is O=C(NCc1cccs1)C1CCN(S(=O)(=O)c2cc(Cl)ccc2Cl)CC1. The number of carbonyl (C=O) groups excluding carboxylic acids is 1. The minimum Gasteiger partial charge on any atom is -0.351 e. The molecule has 1 amide bonds. The third-order valence-electron chi connectivity index (χ3n) is 4.35. The average Bonchev–Trinajstić information content (AvgIpc) is 3.15. The normalized spacial score (nSPS) is 16.5. The van der Waals surface area contributed by atoms with Crippen LogP contribution in [0.5, 0.6) is 0 Å². The molecule has 0 aliphatic carbocycles. The van der Waals surface area contributed by atoms with Gasteiger partial charge in [-0.15, -0.1) is 11.3 Å². The maximum Gasteiger partial charge on any atom is 0.244 e. The van der Waals surface area contributed by atoms with Crippen LogP contribution in [0.25, 0.3) is 0 Å². The van der Waals surface area contributed by atoms with Crippen molar-refractivity contribution in [1.29, 1.82) is 0 Å². The second kappa shape index (κ2) is 8.27. The van der Waals surface area contributed by atoms with Gasteiger partial charge in [-0.2, -0.15) is 4.31 Å². The third kappa shape index (κ3) is 4.40. The van der Waals surface area contributed by atoms with Gasteiger partial charge in [0.1, 0.15) is 4.90 Å². The molecule has 5 nitrogen and oxygen atoms in total. The smallest absolute Gasteiger partial charge is 0.244 e. The number of nitrogens with zero attached hydrogens (tertiary/aromatic N) is 1. The van der Waals surface area contributed by atoms with E-state index in [1.165, 1.54) is 16.4 Å². The Hall–Kier alpha value is -1.12. The highest BCUT2D eigenvalue weighted by Crippen LogP contribution is 2.30. The average molecular weight is 433 g/mol. The molecule has 0 spiro atoms. The van der Waals surface area contributed by atoms with E-state index in [2.05, 4.69) is 5.32 Å². The van der Waals surface area contributed by atoms with E-state index in [0.29, 0.717) is 24.4 Å². The molecule has 0 atom stereocenters. The molecule has 2 heterocycles. The maximum atomic E-state index is 12.8. The first-order valence-electron chi connectivity index (χ1n) is 8.13. The van der Waals surface area contributed by atoms with Gasteiger partial charge in [0.25, 0.3) is 0 Å². The monoisotopic (exact) mass is 432 g/mol. The predicted octanol–water partition coefficient (Wildman–Crippen LogP) is 3.77. The van der Waals surface area contributed by atoms with Crippen molar-refractivity contribution in [2.45, 2.75) is 24.3 Å². The fourth-order valence-electron chi connectivity index (χ4n) is 2.90. The standard InChI is InChI=1S/C17H18Cl2N2O3S2/c18-13-3-4-15(19)16(10-13)26(23,24)21-7-5-12(6-8-21)17(22)20-11-14-2-1-9-25-14/h1-4,9-10,12H,5-8,11H2,(H,20,22). The van der Waals surface area contributed by atoms with E-state index < -0.39 is 10.0 Å². The minimum absolute atomic E-state index is 0.00673. The molecule has 26 heavy (non-hydrogen) atoms. The van der Waals surface area contributed by atoms with E-state index in [1.807, 2.05) is 17.5 Å². The molecule has 0 unspecified atom stereocenters. The molecule has 1 aliphatic rings. The van der Waals surface area contributed by atoms with Crippen LogP contribution in [0.1, 0.15) is 17.7 Å². The highest BCUT2D eigenvalue weighted by Gasteiger charge is 2.33. The Bertz CT molecular complexity index is 877. The number of rotatable bonds is 5. The summed E-state index contributed by atoms with van der Waals surface area (Å²) < 4.78 is 27.0. The summed E-state index contributed by atoms with van der Waals surface area (Å²) in [5.74, 6) is -0.215. The molecule has 140 valence electrons. The molecule has 1 aromatic heterocycles. The molecule has 0 bridgehead atoms. The van der Waals surface area contributed by atoms with Crippen molar-refractivity contribution in [2.75, 3.05) is 13.1 Å². The predicted molar refractivity (Wildman–Crippen MR) is 104 cm³/mol. The van der Waals surface area contributed by atoms with Crippen LogP contribution < -0.4 is 5.32 Å². The van der Waals surface area contributed by atoms with Gasteiger partial charge in [-0.25, -0.2) is 8.42 Å². The Kier molecular flexibility index (Phi) is 6.25. The van der Waals surface area contributed by atoms with Crippen molar-refractivity contribution < 1.29 is 13.2 Å². The van der Waals surface area contributed by atoms with Crippen LogP contribution >= 0.6 is 34.5 Å². The first-order chi connectivity index (χ1) is 12.4. The molecule has 1 fully saturated rings. The van der Waals surface area contributed by atoms with Crippen molar-refractivity contribution in [1.82, 2.24) is 9.62 Å². The quantitative estimate of drug-likeness (QED) is 0.781. The van der Waals surface area contributed by atoms with Gasteiger partial charge in [-0.1, -0.05) is 29.3 Å². The van der Waals surface area contributed by atoms with E-state index in [-0.39, 0.29) is 34.8 Å². The highest BCUT2D eigenvalue weighted by atomic mass is 35.5. The number of amides is 1. The summed E-state index contributed by atoms with van der Waals surface area (Å²) in [7, 11) is -3.73. The highest BCUT2D eigenvalue weighted by molar-refractivity contribution is 7.89. The Balaban J connectivity index is 1.60. The zero-order valence-corrected chi connectivity index (χ0v) is 17.0. The van der Waals surface area contributed by atoms with Crippen molar-refractivity contribution in [2.24, 2.45) is 5.92 Å². The lowest BCUT2D eigenvalue weighted by Crippen LogP contribution is -2.42.